The van der Waals surface area contributed by atoms with E-state index in [-0.39, 0.29) is 18.7 Å². The number of alkyl carbamates (subject to hydrolysis) is 1. The summed E-state index contributed by atoms with van der Waals surface area (Å²) < 4.78 is 4.98. The standard InChI is InChI=1S/C15H24N2O2.C2H6/c1-3-12(2)14(17-15(18)19-10-9-16)11-13-7-5-4-6-8-13;1-2/h4-8,12,14H,3,9-11,16H2,1-2H3,(H,17,18);1-2H3. The van der Waals surface area contributed by atoms with E-state index in [1.165, 1.54) is 5.56 Å². The van der Waals surface area contributed by atoms with E-state index in [0.29, 0.717) is 12.5 Å². The summed E-state index contributed by atoms with van der Waals surface area (Å²) in [7, 11) is 0. The van der Waals surface area contributed by atoms with Gasteiger partial charge in [-0.05, 0) is 17.9 Å². The van der Waals surface area contributed by atoms with Crippen molar-refractivity contribution < 1.29 is 9.53 Å². The molecule has 0 fully saturated rings. The first-order valence-corrected chi connectivity index (χ1v) is 7.84. The van der Waals surface area contributed by atoms with Crippen molar-refractivity contribution in [2.75, 3.05) is 13.2 Å². The van der Waals surface area contributed by atoms with Crippen LogP contribution in [0.4, 0.5) is 4.79 Å². The lowest BCUT2D eigenvalue weighted by molar-refractivity contribution is 0.141. The highest BCUT2D eigenvalue weighted by molar-refractivity contribution is 5.67. The van der Waals surface area contributed by atoms with Crippen molar-refractivity contribution in [1.82, 2.24) is 5.32 Å². The number of carbonyl (C=O) groups is 1. The molecule has 120 valence electrons. The lowest BCUT2D eigenvalue weighted by Crippen LogP contribution is -2.41. The maximum atomic E-state index is 11.6. The fraction of sp³-hybridized carbons (Fsp3) is 0.588. The quantitative estimate of drug-likeness (QED) is 0.810. The Kier molecular flexibility index (Phi) is 11.3. The number of hydrogen-bond acceptors (Lipinski definition) is 3. The lowest BCUT2D eigenvalue weighted by atomic mass is 9.93. The summed E-state index contributed by atoms with van der Waals surface area (Å²) in [6, 6.07) is 10.2. The van der Waals surface area contributed by atoms with Crippen LogP contribution in [0.15, 0.2) is 30.3 Å². The molecule has 0 radical (unpaired) electrons. The van der Waals surface area contributed by atoms with Gasteiger partial charge in [0, 0.05) is 12.6 Å². The van der Waals surface area contributed by atoms with E-state index in [1.807, 2.05) is 32.0 Å². The Morgan fingerprint density at radius 3 is 2.43 bits per heavy atom. The summed E-state index contributed by atoms with van der Waals surface area (Å²) in [5.74, 6) is 0.394. The molecule has 0 aliphatic heterocycles. The molecule has 21 heavy (non-hydrogen) atoms. The molecule has 4 heteroatoms. The predicted molar refractivity (Wildman–Crippen MR) is 88.3 cm³/mol. The van der Waals surface area contributed by atoms with Crippen LogP contribution in [0, 0.1) is 5.92 Å². The lowest BCUT2D eigenvalue weighted by Gasteiger charge is -2.24. The molecule has 0 saturated heterocycles. The molecule has 1 amide bonds. The monoisotopic (exact) mass is 294 g/mol. The SMILES string of the molecule is CC.CCC(C)C(Cc1ccccc1)NC(=O)OCCN. The Hall–Kier alpha value is -1.55. The number of amides is 1. The molecule has 0 heterocycles. The Balaban J connectivity index is 0.00000191. The molecule has 0 bridgehead atoms. The molecule has 0 aromatic heterocycles. The van der Waals surface area contributed by atoms with Gasteiger partial charge in [-0.2, -0.15) is 0 Å². The van der Waals surface area contributed by atoms with Crippen LogP contribution in [0.2, 0.25) is 0 Å². The van der Waals surface area contributed by atoms with Crippen LogP contribution in [0.1, 0.15) is 39.7 Å². The van der Waals surface area contributed by atoms with Gasteiger partial charge >= 0.3 is 6.09 Å². The third-order valence-corrected chi connectivity index (χ3v) is 3.28. The topological polar surface area (TPSA) is 64.3 Å². The first-order chi connectivity index (χ1) is 10.2. The molecule has 1 aromatic carbocycles. The highest BCUT2D eigenvalue weighted by Gasteiger charge is 2.19. The predicted octanol–water partition coefficient (Wildman–Crippen LogP) is 3.35. The summed E-state index contributed by atoms with van der Waals surface area (Å²) in [5, 5.41) is 2.93. The van der Waals surface area contributed by atoms with E-state index >= 15 is 0 Å². The number of nitrogens with one attached hydrogen (secondary N) is 1. The van der Waals surface area contributed by atoms with Crippen LogP contribution in [0.25, 0.3) is 0 Å². The van der Waals surface area contributed by atoms with Crippen molar-refractivity contribution in [3.63, 3.8) is 0 Å². The smallest absolute Gasteiger partial charge is 0.407 e. The molecule has 2 atom stereocenters. The molecule has 2 unspecified atom stereocenters. The number of benzene rings is 1. The van der Waals surface area contributed by atoms with Crippen LogP contribution in [0.5, 0.6) is 0 Å². The number of nitrogens with two attached hydrogens (primary N) is 1. The Bertz CT molecular complexity index is 368. The normalized spacial score (nSPS) is 12.6. The van der Waals surface area contributed by atoms with E-state index in [2.05, 4.69) is 31.3 Å². The number of carbonyl (C=O) groups excluding carboxylic acids is 1. The van der Waals surface area contributed by atoms with E-state index in [9.17, 15) is 4.79 Å². The highest BCUT2D eigenvalue weighted by atomic mass is 16.5. The fourth-order valence-corrected chi connectivity index (χ4v) is 1.89. The largest absolute Gasteiger partial charge is 0.448 e. The van der Waals surface area contributed by atoms with Gasteiger partial charge in [-0.3, -0.25) is 0 Å². The van der Waals surface area contributed by atoms with Crippen LogP contribution in [-0.4, -0.2) is 25.3 Å². The Morgan fingerprint density at radius 1 is 1.29 bits per heavy atom. The second kappa shape index (κ2) is 12.2. The Labute approximate surface area is 129 Å². The zero-order valence-corrected chi connectivity index (χ0v) is 13.8. The van der Waals surface area contributed by atoms with E-state index in [1.54, 1.807) is 0 Å². The second-order valence-corrected chi connectivity index (χ2v) is 4.75. The van der Waals surface area contributed by atoms with Gasteiger partial charge in [0.1, 0.15) is 6.61 Å². The van der Waals surface area contributed by atoms with Crippen molar-refractivity contribution in [1.29, 1.82) is 0 Å². The van der Waals surface area contributed by atoms with E-state index in [4.69, 9.17) is 10.5 Å². The minimum atomic E-state index is -0.383. The molecule has 3 N–H and O–H groups in total. The molecule has 0 saturated carbocycles. The zero-order chi connectivity index (χ0) is 16.1. The molecule has 0 spiro atoms. The van der Waals surface area contributed by atoms with Gasteiger partial charge in [-0.1, -0.05) is 64.4 Å². The number of rotatable bonds is 7. The van der Waals surface area contributed by atoms with Crippen molar-refractivity contribution in [2.24, 2.45) is 11.7 Å². The van der Waals surface area contributed by atoms with E-state index in [0.717, 1.165) is 12.8 Å². The van der Waals surface area contributed by atoms with Gasteiger partial charge in [0.2, 0.25) is 0 Å². The first-order valence-electron chi connectivity index (χ1n) is 7.84. The number of ether oxygens (including phenoxy) is 1. The summed E-state index contributed by atoms with van der Waals surface area (Å²) >= 11 is 0. The van der Waals surface area contributed by atoms with Crippen LogP contribution in [0.3, 0.4) is 0 Å². The second-order valence-electron chi connectivity index (χ2n) is 4.75. The summed E-state index contributed by atoms with van der Waals surface area (Å²) in [4.78, 5) is 11.6. The fourth-order valence-electron chi connectivity index (χ4n) is 1.89. The maximum absolute atomic E-state index is 11.6. The summed E-state index contributed by atoms with van der Waals surface area (Å²) in [5.41, 5.74) is 6.53. The van der Waals surface area contributed by atoms with Gasteiger partial charge in [-0.25, -0.2) is 4.79 Å². The minimum Gasteiger partial charge on any atom is -0.448 e. The minimum absolute atomic E-state index is 0.0812. The third-order valence-electron chi connectivity index (χ3n) is 3.28. The molecule has 1 rings (SSSR count). The van der Waals surface area contributed by atoms with Crippen molar-refractivity contribution in [3.8, 4) is 0 Å². The summed E-state index contributed by atoms with van der Waals surface area (Å²) in [6.07, 6.45) is 1.44. The van der Waals surface area contributed by atoms with Crippen LogP contribution in [-0.2, 0) is 11.2 Å². The van der Waals surface area contributed by atoms with Crippen molar-refractivity contribution >= 4 is 6.09 Å². The van der Waals surface area contributed by atoms with Gasteiger partial charge in [-0.15, -0.1) is 0 Å². The average molecular weight is 294 g/mol. The van der Waals surface area contributed by atoms with Gasteiger partial charge in [0.05, 0.1) is 0 Å². The van der Waals surface area contributed by atoms with E-state index < -0.39 is 0 Å². The maximum Gasteiger partial charge on any atom is 0.407 e. The van der Waals surface area contributed by atoms with Gasteiger partial charge < -0.3 is 15.8 Å². The molecular formula is C17H30N2O2. The average Bonchev–Trinajstić information content (AvgIpc) is 2.54. The van der Waals surface area contributed by atoms with Crippen LogP contribution >= 0.6 is 0 Å². The molecular weight excluding hydrogens is 264 g/mol. The number of hydrogen-bond donors (Lipinski definition) is 2. The molecule has 0 aliphatic carbocycles. The first kappa shape index (κ1) is 19.4. The molecule has 0 aliphatic rings. The third kappa shape index (κ3) is 8.35. The summed E-state index contributed by atoms with van der Waals surface area (Å²) in [6.45, 7) is 8.86. The highest BCUT2D eigenvalue weighted by Crippen LogP contribution is 2.13. The molecule has 4 nitrogen and oxygen atoms in total. The van der Waals surface area contributed by atoms with Crippen molar-refractivity contribution in [3.05, 3.63) is 35.9 Å². The van der Waals surface area contributed by atoms with Gasteiger partial charge in [0.15, 0.2) is 0 Å². The van der Waals surface area contributed by atoms with Crippen molar-refractivity contribution in [2.45, 2.75) is 46.6 Å². The van der Waals surface area contributed by atoms with Crippen LogP contribution < -0.4 is 11.1 Å². The van der Waals surface area contributed by atoms with Gasteiger partial charge in [0.25, 0.3) is 0 Å². The Morgan fingerprint density at radius 2 is 1.90 bits per heavy atom. The zero-order valence-electron chi connectivity index (χ0n) is 13.8. The molecule has 1 aromatic rings.